The largest absolute Gasteiger partial charge is 0.357 e. The molecule has 0 fully saturated rings. The van der Waals surface area contributed by atoms with Gasteiger partial charge in [0.1, 0.15) is 5.82 Å². The van der Waals surface area contributed by atoms with Gasteiger partial charge in [0.25, 0.3) is 0 Å². The van der Waals surface area contributed by atoms with E-state index in [0.717, 1.165) is 24.1 Å². The van der Waals surface area contributed by atoms with Crippen LogP contribution in [0.15, 0.2) is 41.0 Å². The third-order valence-electron chi connectivity index (χ3n) is 2.86. The minimum absolute atomic E-state index is 0.237. The van der Waals surface area contributed by atoms with Crippen LogP contribution in [-0.4, -0.2) is 10.8 Å². The maximum Gasteiger partial charge on any atom is 0.187 e. The maximum absolute atomic E-state index is 12.7. The van der Waals surface area contributed by atoms with Gasteiger partial charge in [-0.25, -0.2) is 4.39 Å². The van der Waals surface area contributed by atoms with E-state index in [-0.39, 0.29) is 5.82 Å². The number of halogens is 1. The minimum Gasteiger partial charge on any atom is -0.357 e. The Hall–Kier alpha value is -1.75. The van der Waals surface area contributed by atoms with E-state index in [9.17, 15) is 4.39 Å². The van der Waals surface area contributed by atoms with Crippen molar-refractivity contribution in [3.8, 4) is 0 Å². The summed E-state index contributed by atoms with van der Waals surface area (Å²) in [7, 11) is 0. The molecule has 0 atom stereocenters. The summed E-state index contributed by atoms with van der Waals surface area (Å²) in [4.78, 5) is 0. The van der Waals surface area contributed by atoms with Crippen molar-refractivity contribution in [1.29, 1.82) is 0 Å². The third kappa shape index (κ3) is 4.44. The molecule has 1 aliphatic carbocycles. The Morgan fingerprint density at radius 3 is 2.68 bits per heavy atom. The van der Waals surface area contributed by atoms with Gasteiger partial charge in [0, 0.05) is 6.54 Å². The number of allylic oxidation sites excluding steroid dienone is 2. The monoisotopic (exact) mass is 277 g/mol. The fourth-order valence-corrected chi connectivity index (χ4v) is 1.91. The van der Waals surface area contributed by atoms with E-state index in [1.807, 2.05) is 0 Å². The predicted molar refractivity (Wildman–Crippen MR) is 79.4 cm³/mol. The molecular weight excluding hydrogens is 261 g/mol. The van der Waals surface area contributed by atoms with Crippen LogP contribution in [-0.2, 0) is 6.54 Å². The molecule has 0 spiro atoms. The first-order valence-electron chi connectivity index (χ1n) is 6.15. The second kappa shape index (κ2) is 6.43. The zero-order valence-electron chi connectivity index (χ0n) is 10.7. The highest BCUT2D eigenvalue weighted by atomic mass is 32.1. The van der Waals surface area contributed by atoms with E-state index in [0.29, 0.717) is 11.7 Å². The molecule has 1 aliphatic rings. The fraction of sp³-hybridized carbons (Fsp3) is 0.286. The molecule has 1 aromatic carbocycles. The van der Waals surface area contributed by atoms with Gasteiger partial charge >= 0.3 is 0 Å². The average Bonchev–Trinajstić information content (AvgIpc) is 2.81. The van der Waals surface area contributed by atoms with E-state index in [4.69, 9.17) is 12.2 Å². The van der Waals surface area contributed by atoms with Crippen LogP contribution in [0, 0.1) is 5.82 Å². The summed E-state index contributed by atoms with van der Waals surface area (Å²) in [5.41, 5.74) is 6.14. The lowest BCUT2D eigenvalue weighted by molar-refractivity contribution is 0.626. The Kier molecular flexibility index (Phi) is 4.63. The number of hydrogen-bond acceptors (Lipinski definition) is 2. The van der Waals surface area contributed by atoms with Crippen LogP contribution in [0.5, 0.6) is 0 Å². The number of thiocarbonyl (C=S) groups is 1. The zero-order valence-corrected chi connectivity index (χ0v) is 11.6. The molecule has 3 nitrogen and oxygen atoms in total. The summed E-state index contributed by atoms with van der Waals surface area (Å²) in [6, 6.07) is 6.31. The van der Waals surface area contributed by atoms with Crippen molar-refractivity contribution in [2.24, 2.45) is 5.10 Å². The average molecular weight is 277 g/mol. The van der Waals surface area contributed by atoms with Crippen molar-refractivity contribution >= 4 is 23.0 Å². The van der Waals surface area contributed by atoms with Crippen molar-refractivity contribution in [1.82, 2.24) is 10.7 Å². The van der Waals surface area contributed by atoms with Gasteiger partial charge in [-0.05, 0) is 55.8 Å². The van der Waals surface area contributed by atoms with E-state index >= 15 is 0 Å². The first-order valence-corrected chi connectivity index (χ1v) is 6.56. The second-order valence-electron chi connectivity index (χ2n) is 4.51. The van der Waals surface area contributed by atoms with Crippen molar-refractivity contribution in [2.75, 3.05) is 0 Å². The van der Waals surface area contributed by atoms with Gasteiger partial charge in [-0.1, -0.05) is 17.7 Å². The predicted octanol–water partition coefficient (Wildman–Crippen LogP) is 2.89. The molecule has 0 amide bonds. The third-order valence-corrected chi connectivity index (χ3v) is 3.09. The SMILES string of the molecule is CC1=C/C(=N/NC(=S)NCc2ccc(F)cc2)CC1. The molecule has 0 unspecified atom stereocenters. The van der Waals surface area contributed by atoms with Gasteiger partial charge in [-0.15, -0.1) is 0 Å². The van der Waals surface area contributed by atoms with Crippen molar-refractivity contribution in [2.45, 2.75) is 26.3 Å². The highest BCUT2D eigenvalue weighted by molar-refractivity contribution is 7.80. The summed E-state index contributed by atoms with van der Waals surface area (Å²) >= 11 is 5.12. The molecule has 0 aromatic heterocycles. The van der Waals surface area contributed by atoms with E-state index in [2.05, 4.69) is 28.8 Å². The van der Waals surface area contributed by atoms with Crippen LogP contribution in [0.4, 0.5) is 4.39 Å². The van der Waals surface area contributed by atoms with Crippen LogP contribution < -0.4 is 10.7 Å². The van der Waals surface area contributed by atoms with Crippen molar-refractivity contribution in [3.63, 3.8) is 0 Å². The molecule has 100 valence electrons. The van der Waals surface area contributed by atoms with Gasteiger partial charge in [0.2, 0.25) is 0 Å². The lowest BCUT2D eigenvalue weighted by Gasteiger charge is -2.07. The normalized spacial score (nSPS) is 16.3. The first kappa shape index (κ1) is 13.7. The lowest BCUT2D eigenvalue weighted by atomic mass is 10.2. The van der Waals surface area contributed by atoms with Gasteiger partial charge in [0.05, 0.1) is 5.71 Å². The summed E-state index contributed by atoms with van der Waals surface area (Å²) < 4.78 is 12.7. The molecule has 0 bridgehead atoms. The lowest BCUT2D eigenvalue weighted by Crippen LogP contribution is -2.32. The second-order valence-corrected chi connectivity index (χ2v) is 4.92. The summed E-state index contributed by atoms with van der Waals surface area (Å²) in [6.45, 7) is 2.64. The molecule has 0 radical (unpaired) electrons. The number of hydrazone groups is 1. The van der Waals surface area contributed by atoms with Crippen LogP contribution in [0.25, 0.3) is 0 Å². The Labute approximate surface area is 117 Å². The molecule has 0 aliphatic heterocycles. The fourth-order valence-electron chi connectivity index (χ4n) is 1.79. The standard InChI is InChI=1S/C14H16FN3S/c1-10-2-7-13(8-10)17-18-14(19)16-9-11-3-5-12(15)6-4-11/h3-6,8H,2,7,9H2,1H3,(H2,16,18,19)/b17-13+. The molecule has 0 saturated heterocycles. The zero-order chi connectivity index (χ0) is 13.7. The summed E-state index contributed by atoms with van der Waals surface area (Å²) in [5.74, 6) is -0.237. The van der Waals surface area contributed by atoms with E-state index in [1.165, 1.54) is 17.7 Å². The minimum atomic E-state index is -0.237. The highest BCUT2D eigenvalue weighted by Gasteiger charge is 2.06. The van der Waals surface area contributed by atoms with Crippen molar-refractivity contribution < 1.29 is 4.39 Å². The van der Waals surface area contributed by atoms with Gasteiger partial charge < -0.3 is 5.32 Å². The quantitative estimate of drug-likeness (QED) is 0.659. The number of nitrogens with one attached hydrogen (secondary N) is 2. The first-order chi connectivity index (χ1) is 9.13. The molecule has 0 saturated carbocycles. The molecule has 2 rings (SSSR count). The molecule has 19 heavy (non-hydrogen) atoms. The molecule has 2 N–H and O–H groups in total. The van der Waals surface area contributed by atoms with Crippen LogP contribution in [0.3, 0.4) is 0 Å². The molecular formula is C14H16FN3S. The van der Waals surface area contributed by atoms with Gasteiger partial charge in [-0.2, -0.15) is 5.10 Å². The van der Waals surface area contributed by atoms with Gasteiger partial charge in [-0.3, -0.25) is 5.43 Å². The number of rotatable bonds is 3. The number of benzene rings is 1. The molecule has 5 heteroatoms. The van der Waals surface area contributed by atoms with Crippen LogP contribution >= 0.6 is 12.2 Å². The van der Waals surface area contributed by atoms with Crippen molar-refractivity contribution in [3.05, 3.63) is 47.3 Å². The van der Waals surface area contributed by atoms with Crippen LogP contribution in [0.2, 0.25) is 0 Å². The topological polar surface area (TPSA) is 36.4 Å². The number of hydrogen-bond donors (Lipinski definition) is 2. The Morgan fingerprint density at radius 2 is 2.05 bits per heavy atom. The van der Waals surface area contributed by atoms with Gasteiger partial charge in [0.15, 0.2) is 5.11 Å². The van der Waals surface area contributed by atoms with E-state index < -0.39 is 0 Å². The Balaban J connectivity index is 1.77. The summed E-state index contributed by atoms with van der Waals surface area (Å²) in [6.07, 6.45) is 4.09. The van der Waals surface area contributed by atoms with Crippen LogP contribution in [0.1, 0.15) is 25.3 Å². The smallest absolute Gasteiger partial charge is 0.187 e. The Bertz CT molecular complexity index is 520. The maximum atomic E-state index is 12.7. The Morgan fingerprint density at radius 1 is 1.32 bits per heavy atom. The van der Waals surface area contributed by atoms with E-state index in [1.54, 1.807) is 12.1 Å². The molecule has 0 heterocycles. The summed E-state index contributed by atoms with van der Waals surface area (Å²) in [5, 5.41) is 7.72. The molecule has 1 aromatic rings. The number of nitrogens with zero attached hydrogens (tertiary/aromatic N) is 1. The highest BCUT2D eigenvalue weighted by Crippen LogP contribution is 2.14.